The first-order valence-electron chi connectivity index (χ1n) is 4.44. The average Bonchev–Trinajstić information content (AvgIpc) is 2.20. The Morgan fingerprint density at radius 3 is 2.79 bits per heavy atom. The van der Waals surface area contributed by atoms with Gasteiger partial charge in [0, 0.05) is 13.2 Å². The predicted octanol–water partition coefficient (Wildman–Crippen LogP) is 2.02. The third kappa shape index (κ3) is 2.44. The summed E-state index contributed by atoms with van der Waals surface area (Å²) in [6, 6.07) is 0. The molecule has 14 heavy (non-hydrogen) atoms. The van der Waals surface area contributed by atoms with Crippen molar-refractivity contribution >= 4 is 17.4 Å². The van der Waals surface area contributed by atoms with E-state index in [0.717, 1.165) is 6.42 Å². The molecule has 1 unspecified atom stereocenters. The van der Waals surface area contributed by atoms with Gasteiger partial charge in [-0.1, -0.05) is 18.5 Å². The number of ketones is 1. The van der Waals surface area contributed by atoms with Crippen LogP contribution in [-0.4, -0.2) is 25.3 Å². The van der Waals surface area contributed by atoms with Crippen LogP contribution in [0.5, 0.6) is 0 Å². The van der Waals surface area contributed by atoms with Crippen molar-refractivity contribution in [2.24, 2.45) is 0 Å². The number of hydrogen-bond acceptors (Lipinski definition) is 3. The second kappa shape index (κ2) is 4.73. The van der Waals surface area contributed by atoms with Crippen molar-refractivity contribution in [2.75, 3.05) is 13.7 Å². The summed E-state index contributed by atoms with van der Waals surface area (Å²) < 4.78 is 10.6. The van der Waals surface area contributed by atoms with Gasteiger partial charge >= 0.3 is 0 Å². The maximum Gasteiger partial charge on any atom is 0.210 e. The van der Waals surface area contributed by atoms with E-state index in [4.69, 9.17) is 21.1 Å². The largest absolute Gasteiger partial charge is 0.346 e. The Hall–Kier alpha value is -0.640. The molecule has 3 nitrogen and oxygen atoms in total. The van der Waals surface area contributed by atoms with Crippen LogP contribution in [0.15, 0.2) is 23.3 Å². The Bertz CT molecular complexity index is 283. The molecule has 0 amide bonds. The van der Waals surface area contributed by atoms with Gasteiger partial charge in [0.25, 0.3) is 0 Å². The zero-order valence-electron chi connectivity index (χ0n) is 8.25. The summed E-state index contributed by atoms with van der Waals surface area (Å²) in [5.74, 6) is -1.19. The molecule has 1 atom stereocenters. The summed E-state index contributed by atoms with van der Waals surface area (Å²) in [4.78, 5) is 11.1. The van der Waals surface area contributed by atoms with Crippen molar-refractivity contribution < 1.29 is 14.3 Å². The quantitative estimate of drug-likeness (QED) is 0.675. The number of carbonyl (C=O) groups excluding carboxylic acids is 1. The molecule has 0 aliphatic heterocycles. The van der Waals surface area contributed by atoms with Gasteiger partial charge in [0.1, 0.15) is 0 Å². The third-order valence-electron chi connectivity index (χ3n) is 1.88. The first-order chi connectivity index (χ1) is 6.63. The molecule has 0 aromatic rings. The van der Waals surface area contributed by atoms with Gasteiger partial charge in [0.05, 0.1) is 11.6 Å². The molecule has 1 rings (SSSR count). The fourth-order valence-electron chi connectivity index (χ4n) is 1.10. The summed E-state index contributed by atoms with van der Waals surface area (Å²) in [7, 11) is 1.51. The maximum atomic E-state index is 11.1. The normalized spacial score (nSPS) is 26.5. The fraction of sp³-hybridized carbons (Fsp3) is 0.500. The van der Waals surface area contributed by atoms with Crippen LogP contribution in [0.4, 0.5) is 0 Å². The Balaban J connectivity index is 2.80. The molecule has 0 radical (unpaired) electrons. The lowest BCUT2D eigenvalue weighted by Gasteiger charge is -2.27. The predicted molar refractivity (Wildman–Crippen MR) is 54.1 cm³/mol. The van der Waals surface area contributed by atoms with Crippen molar-refractivity contribution in [3.63, 3.8) is 0 Å². The van der Waals surface area contributed by atoms with Crippen LogP contribution < -0.4 is 0 Å². The second-order valence-corrected chi connectivity index (χ2v) is 3.37. The van der Waals surface area contributed by atoms with Gasteiger partial charge < -0.3 is 9.47 Å². The number of carbonyl (C=O) groups is 1. The molecule has 4 heteroatoms. The fourth-order valence-corrected chi connectivity index (χ4v) is 1.32. The summed E-state index contributed by atoms with van der Waals surface area (Å²) in [6.07, 6.45) is 5.28. The number of ether oxygens (including phenoxy) is 2. The van der Waals surface area contributed by atoms with Crippen molar-refractivity contribution in [1.29, 1.82) is 0 Å². The van der Waals surface area contributed by atoms with Crippen LogP contribution in [0, 0.1) is 0 Å². The third-order valence-corrected chi connectivity index (χ3v) is 2.18. The second-order valence-electron chi connectivity index (χ2n) is 2.96. The molecule has 1 aliphatic carbocycles. The van der Waals surface area contributed by atoms with Crippen LogP contribution in [-0.2, 0) is 14.3 Å². The van der Waals surface area contributed by atoms with E-state index in [1.54, 1.807) is 6.08 Å². The molecule has 1 aliphatic rings. The van der Waals surface area contributed by atoms with E-state index in [0.29, 0.717) is 6.61 Å². The van der Waals surface area contributed by atoms with Crippen molar-refractivity contribution in [2.45, 2.75) is 19.1 Å². The van der Waals surface area contributed by atoms with Gasteiger partial charge in [-0.25, -0.2) is 0 Å². The number of rotatable bonds is 4. The van der Waals surface area contributed by atoms with Crippen LogP contribution in [0.2, 0.25) is 0 Å². The Kier molecular flexibility index (Phi) is 3.86. The molecule has 0 saturated heterocycles. The molecule has 0 fully saturated rings. The van der Waals surface area contributed by atoms with Crippen LogP contribution in [0.3, 0.4) is 0 Å². The van der Waals surface area contributed by atoms with E-state index < -0.39 is 5.79 Å². The van der Waals surface area contributed by atoms with Crippen LogP contribution >= 0.6 is 11.6 Å². The molecule has 0 aromatic carbocycles. The zero-order chi connectivity index (χ0) is 10.6. The topological polar surface area (TPSA) is 35.5 Å². The van der Waals surface area contributed by atoms with Gasteiger partial charge in [-0.15, -0.1) is 0 Å². The lowest BCUT2D eigenvalue weighted by Crippen LogP contribution is -2.33. The van der Waals surface area contributed by atoms with Crippen molar-refractivity contribution in [3.8, 4) is 0 Å². The molecular formula is C10H13ClO3. The Morgan fingerprint density at radius 2 is 2.29 bits per heavy atom. The molecule has 78 valence electrons. The minimum absolute atomic E-state index is 0.130. The first-order valence-corrected chi connectivity index (χ1v) is 4.82. The van der Waals surface area contributed by atoms with Gasteiger partial charge in [0.2, 0.25) is 5.79 Å². The van der Waals surface area contributed by atoms with Gasteiger partial charge in [0.15, 0.2) is 5.78 Å². The van der Waals surface area contributed by atoms with E-state index in [9.17, 15) is 4.79 Å². The highest BCUT2D eigenvalue weighted by molar-refractivity contribution is 6.44. The van der Waals surface area contributed by atoms with E-state index in [1.165, 1.54) is 19.3 Å². The van der Waals surface area contributed by atoms with E-state index in [1.807, 2.05) is 6.92 Å². The minimum Gasteiger partial charge on any atom is -0.346 e. The first kappa shape index (κ1) is 11.4. The van der Waals surface area contributed by atoms with Gasteiger partial charge in [-0.2, -0.15) is 0 Å². The SMILES string of the molecule is CCCOC1(OC)C=CC(=O)C(Cl)=C1. The van der Waals surface area contributed by atoms with Crippen LogP contribution in [0.25, 0.3) is 0 Å². The Morgan fingerprint density at radius 1 is 1.57 bits per heavy atom. The van der Waals surface area contributed by atoms with Crippen molar-refractivity contribution in [1.82, 2.24) is 0 Å². The summed E-state index contributed by atoms with van der Waals surface area (Å²) in [6.45, 7) is 2.54. The number of allylic oxidation sites excluding steroid dienone is 2. The van der Waals surface area contributed by atoms with Crippen molar-refractivity contribution in [3.05, 3.63) is 23.3 Å². The summed E-state index contributed by atoms with van der Waals surface area (Å²) in [5, 5.41) is 0.130. The molecule has 0 heterocycles. The highest BCUT2D eigenvalue weighted by Gasteiger charge is 2.29. The lowest BCUT2D eigenvalue weighted by atomic mass is 10.1. The molecule has 0 spiro atoms. The Labute approximate surface area is 88.3 Å². The number of methoxy groups -OCH3 is 1. The lowest BCUT2D eigenvalue weighted by molar-refractivity contribution is -0.155. The van der Waals surface area contributed by atoms with E-state index in [-0.39, 0.29) is 10.8 Å². The van der Waals surface area contributed by atoms with Crippen LogP contribution in [0.1, 0.15) is 13.3 Å². The average molecular weight is 217 g/mol. The molecule has 0 aromatic heterocycles. The smallest absolute Gasteiger partial charge is 0.210 e. The molecule has 0 bridgehead atoms. The monoisotopic (exact) mass is 216 g/mol. The van der Waals surface area contributed by atoms with E-state index in [2.05, 4.69) is 0 Å². The summed E-state index contributed by atoms with van der Waals surface area (Å²) in [5.41, 5.74) is 0. The molecule has 0 saturated carbocycles. The number of halogens is 1. The maximum absolute atomic E-state index is 11.1. The summed E-state index contributed by atoms with van der Waals surface area (Å²) >= 11 is 5.71. The van der Waals surface area contributed by atoms with E-state index >= 15 is 0 Å². The standard InChI is InChI=1S/C10H13ClO3/c1-3-6-14-10(13-2)5-4-9(12)8(11)7-10/h4-5,7H,3,6H2,1-2H3. The molecular weight excluding hydrogens is 204 g/mol. The van der Waals surface area contributed by atoms with Gasteiger partial charge in [-0.05, 0) is 18.6 Å². The minimum atomic E-state index is -0.971. The highest BCUT2D eigenvalue weighted by Crippen LogP contribution is 2.25. The zero-order valence-corrected chi connectivity index (χ0v) is 9.00. The highest BCUT2D eigenvalue weighted by atomic mass is 35.5. The molecule has 0 N–H and O–H groups in total. The van der Waals surface area contributed by atoms with Gasteiger partial charge in [-0.3, -0.25) is 4.79 Å². The number of hydrogen-bond donors (Lipinski definition) is 0.